The van der Waals surface area contributed by atoms with Crippen molar-refractivity contribution in [2.24, 2.45) is 7.05 Å². The van der Waals surface area contributed by atoms with Gasteiger partial charge >= 0.3 is 6.01 Å². The van der Waals surface area contributed by atoms with Crippen molar-refractivity contribution in [3.8, 4) is 5.75 Å². The van der Waals surface area contributed by atoms with Gasteiger partial charge in [-0.1, -0.05) is 6.92 Å². The van der Waals surface area contributed by atoms with Crippen LogP contribution in [-0.4, -0.2) is 20.6 Å². The fourth-order valence-electron chi connectivity index (χ4n) is 2.81. The number of anilines is 1. The lowest BCUT2D eigenvalue weighted by Gasteiger charge is -2.14. The summed E-state index contributed by atoms with van der Waals surface area (Å²) in [7, 11) is 1.61. The summed E-state index contributed by atoms with van der Waals surface area (Å²) in [6.07, 6.45) is 4.25. The van der Waals surface area contributed by atoms with Crippen LogP contribution >= 0.6 is 0 Å². The first kappa shape index (κ1) is 13.4. The first-order valence-electron chi connectivity index (χ1n) is 6.66. The number of aromatic hydroxyl groups is 1. The van der Waals surface area contributed by atoms with E-state index in [0.717, 1.165) is 18.5 Å². The highest BCUT2D eigenvalue weighted by atomic mass is 16.4. The molecule has 3 rings (SSSR count). The summed E-state index contributed by atoms with van der Waals surface area (Å²) >= 11 is 0. The maximum atomic E-state index is 12.3. The highest BCUT2D eigenvalue weighted by Gasteiger charge is 2.31. The molecule has 21 heavy (non-hydrogen) atoms. The maximum Gasteiger partial charge on any atom is 0.301 e. The average Bonchev–Trinajstić information content (AvgIpc) is 3.06. The van der Waals surface area contributed by atoms with Gasteiger partial charge < -0.3 is 14.1 Å². The molecule has 0 aromatic carbocycles. The summed E-state index contributed by atoms with van der Waals surface area (Å²) in [5, 5.41) is 12.7. The topological polar surface area (TPSA) is 97.4 Å². The van der Waals surface area contributed by atoms with Gasteiger partial charge in [0.2, 0.25) is 0 Å². The van der Waals surface area contributed by atoms with Gasteiger partial charge in [0.1, 0.15) is 17.6 Å². The molecule has 2 N–H and O–H groups in total. The lowest BCUT2D eigenvalue weighted by Crippen LogP contribution is -2.30. The maximum absolute atomic E-state index is 12.3. The average molecular weight is 289 g/mol. The molecule has 0 fully saturated rings. The van der Waals surface area contributed by atoms with E-state index in [0.29, 0.717) is 5.56 Å². The first-order chi connectivity index (χ1) is 10.0. The Morgan fingerprint density at radius 3 is 3.00 bits per heavy atom. The quantitative estimate of drug-likeness (QED) is 0.870. The predicted molar refractivity (Wildman–Crippen MR) is 74.5 cm³/mol. The zero-order valence-electron chi connectivity index (χ0n) is 11.7. The molecule has 0 spiro atoms. The van der Waals surface area contributed by atoms with Crippen LogP contribution in [0, 0.1) is 0 Å². The molecule has 0 aliphatic heterocycles. The van der Waals surface area contributed by atoms with Crippen molar-refractivity contribution in [3.05, 3.63) is 39.6 Å². The number of amides is 1. The highest BCUT2D eigenvalue weighted by Crippen LogP contribution is 2.39. The number of carbonyl (C=O) groups excluding carboxylic acids is 1. The van der Waals surface area contributed by atoms with Gasteiger partial charge in [-0.2, -0.15) is 0 Å². The van der Waals surface area contributed by atoms with Crippen molar-refractivity contribution in [1.82, 2.24) is 9.55 Å². The molecule has 0 saturated carbocycles. The molecular formula is C14H15N3O4. The zero-order valence-corrected chi connectivity index (χ0v) is 11.7. The second-order valence-corrected chi connectivity index (χ2v) is 5.18. The van der Waals surface area contributed by atoms with Crippen LogP contribution in [0.15, 0.2) is 21.7 Å². The highest BCUT2D eigenvalue weighted by molar-refractivity contribution is 6.05. The van der Waals surface area contributed by atoms with E-state index in [1.54, 1.807) is 7.05 Å². The molecule has 7 heteroatoms. The zero-order chi connectivity index (χ0) is 15.1. The van der Waals surface area contributed by atoms with Crippen LogP contribution in [-0.2, 0) is 13.5 Å². The van der Waals surface area contributed by atoms with E-state index >= 15 is 0 Å². The molecule has 0 radical (unpaired) electrons. The van der Waals surface area contributed by atoms with Crippen LogP contribution in [0.5, 0.6) is 5.75 Å². The van der Waals surface area contributed by atoms with Gasteiger partial charge in [-0.05, 0) is 18.8 Å². The Morgan fingerprint density at radius 2 is 2.33 bits per heavy atom. The van der Waals surface area contributed by atoms with E-state index in [1.165, 1.54) is 17.0 Å². The molecule has 2 aromatic rings. The number of hydrogen-bond donors (Lipinski definition) is 2. The van der Waals surface area contributed by atoms with E-state index < -0.39 is 11.5 Å². The Bertz CT molecular complexity index is 762. The lowest BCUT2D eigenvalue weighted by molar-refractivity contribution is 0.101. The molecule has 2 heterocycles. The fraction of sp³-hybridized carbons (Fsp3) is 0.357. The Morgan fingerprint density at radius 1 is 1.57 bits per heavy atom. The summed E-state index contributed by atoms with van der Waals surface area (Å²) < 4.78 is 6.35. The normalized spacial score (nSPS) is 16.8. The van der Waals surface area contributed by atoms with Crippen molar-refractivity contribution in [1.29, 1.82) is 0 Å². The lowest BCUT2D eigenvalue weighted by atomic mass is 10.0. The van der Waals surface area contributed by atoms with E-state index in [1.807, 2.05) is 6.92 Å². The molecule has 1 aliphatic carbocycles. The molecular weight excluding hydrogens is 274 g/mol. The number of rotatable bonds is 2. The summed E-state index contributed by atoms with van der Waals surface area (Å²) in [6, 6.07) is -0.0185. The number of fused-ring (bicyclic) bond motifs is 1. The number of pyridine rings is 1. The standard InChI is InChI=1S/C14H15N3O4/c1-7-3-4-8-9(7)11(18)10(13(20)17(8)2)12(19)16-14-15-5-6-21-14/h5-7,18H,3-4H2,1-2H3,(H,15,16,19). The molecule has 110 valence electrons. The monoisotopic (exact) mass is 289 g/mol. The summed E-state index contributed by atoms with van der Waals surface area (Å²) in [6.45, 7) is 1.96. The van der Waals surface area contributed by atoms with Gasteiger partial charge in [0.05, 0.1) is 6.20 Å². The predicted octanol–water partition coefficient (Wildman–Crippen LogP) is 1.38. The minimum absolute atomic E-state index is 0.0185. The number of oxazole rings is 1. The van der Waals surface area contributed by atoms with Crippen molar-refractivity contribution in [2.45, 2.75) is 25.7 Å². The van der Waals surface area contributed by atoms with Crippen LogP contribution in [0.3, 0.4) is 0 Å². The van der Waals surface area contributed by atoms with Crippen molar-refractivity contribution >= 4 is 11.9 Å². The van der Waals surface area contributed by atoms with Crippen molar-refractivity contribution in [2.75, 3.05) is 5.32 Å². The third kappa shape index (κ3) is 2.01. The molecule has 7 nitrogen and oxygen atoms in total. The SMILES string of the molecule is CC1CCc2c1c(O)c(C(=O)Nc1ncco1)c(=O)n2C. The van der Waals surface area contributed by atoms with Gasteiger partial charge in [-0.3, -0.25) is 14.9 Å². The van der Waals surface area contributed by atoms with E-state index in [4.69, 9.17) is 4.42 Å². The third-order valence-electron chi connectivity index (χ3n) is 3.91. The Labute approximate surface area is 120 Å². The number of aromatic nitrogens is 2. The third-order valence-corrected chi connectivity index (χ3v) is 3.91. The second-order valence-electron chi connectivity index (χ2n) is 5.18. The molecule has 0 saturated heterocycles. The Hall–Kier alpha value is -2.57. The molecule has 1 atom stereocenters. The van der Waals surface area contributed by atoms with Crippen LogP contribution < -0.4 is 10.9 Å². The Kier molecular flexibility index (Phi) is 3.04. The molecule has 2 aromatic heterocycles. The van der Waals surface area contributed by atoms with Gasteiger partial charge in [-0.15, -0.1) is 0 Å². The number of carbonyl (C=O) groups is 1. The van der Waals surface area contributed by atoms with E-state index in [2.05, 4.69) is 10.3 Å². The van der Waals surface area contributed by atoms with Gasteiger partial charge in [-0.25, -0.2) is 4.98 Å². The van der Waals surface area contributed by atoms with Gasteiger partial charge in [0.25, 0.3) is 11.5 Å². The fourth-order valence-corrected chi connectivity index (χ4v) is 2.81. The minimum atomic E-state index is -0.725. The summed E-state index contributed by atoms with van der Waals surface area (Å²) in [4.78, 5) is 28.3. The van der Waals surface area contributed by atoms with Crippen molar-refractivity contribution < 1.29 is 14.3 Å². The largest absolute Gasteiger partial charge is 0.507 e. The number of hydrogen-bond acceptors (Lipinski definition) is 5. The van der Waals surface area contributed by atoms with E-state index in [-0.39, 0.29) is 23.2 Å². The van der Waals surface area contributed by atoms with Gasteiger partial charge in [0, 0.05) is 18.3 Å². The van der Waals surface area contributed by atoms with Crippen LogP contribution in [0.4, 0.5) is 6.01 Å². The van der Waals surface area contributed by atoms with Crippen LogP contribution in [0.2, 0.25) is 0 Å². The van der Waals surface area contributed by atoms with Crippen LogP contribution in [0.25, 0.3) is 0 Å². The molecule has 1 amide bonds. The molecule has 1 unspecified atom stereocenters. The first-order valence-corrected chi connectivity index (χ1v) is 6.66. The minimum Gasteiger partial charge on any atom is -0.507 e. The smallest absolute Gasteiger partial charge is 0.301 e. The molecule has 0 bridgehead atoms. The summed E-state index contributed by atoms with van der Waals surface area (Å²) in [5.74, 6) is -0.848. The van der Waals surface area contributed by atoms with E-state index in [9.17, 15) is 14.7 Å². The summed E-state index contributed by atoms with van der Waals surface area (Å²) in [5.41, 5.74) is 0.667. The number of nitrogens with one attached hydrogen (secondary N) is 1. The van der Waals surface area contributed by atoms with Crippen LogP contribution in [0.1, 0.15) is 40.9 Å². The molecule has 1 aliphatic rings. The second kappa shape index (κ2) is 4.76. The Balaban J connectivity index is 2.11. The van der Waals surface area contributed by atoms with Gasteiger partial charge in [0.15, 0.2) is 0 Å². The number of nitrogens with zero attached hydrogens (tertiary/aromatic N) is 2. The van der Waals surface area contributed by atoms with Crippen molar-refractivity contribution in [3.63, 3.8) is 0 Å².